The molecule has 0 amide bonds. The topological polar surface area (TPSA) is 23.8 Å². The van der Waals surface area contributed by atoms with E-state index in [1.54, 1.807) is 6.07 Å². The molecule has 0 heterocycles. The largest absolute Gasteiger partial charge is 0.207 e. The highest BCUT2D eigenvalue weighted by Crippen LogP contribution is 2.51. The SMILES string of the molecule is CC(C)C1CC(C#N)(c2ccc(F)cc2Cl)C1. The number of nitriles is 1. The van der Waals surface area contributed by atoms with E-state index in [4.69, 9.17) is 11.6 Å². The molecule has 0 aromatic heterocycles. The molecular weight excluding hydrogens is 237 g/mol. The van der Waals surface area contributed by atoms with Crippen LogP contribution in [0.25, 0.3) is 0 Å². The average molecular weight is 252 g/mol. The first-order chi connectivity index (χ1) is 7.98. The van der Waals surface area contributed by atoms with Gasteiger partial charge in [-0.3, -0.25) is 0 Å². The number of hydrogen-bond acceptors (Lipinski definition) is 1. The molecule has 0 unspecified atom stereocenters. The van der Waals surface area contributed by atoms with Gasteiger partial charge in [0, 0.05) is 5.02 Å². The first-order valence-electron chi connectivity index (χ1n) is 5.85. The average Bonchev–Trinajstić information content (AvgIpc) is 2.19. The summed E-state index contributed by atoms with van der Waals surface area (Å²) in [5.41, 5.74) is 0.277. The molecule has 1 aromatic rings. The van der Waals surface area contributed by atoms with Crippen LogP contribution >= 0.6 is 11.6 Å². The van der Waals surface area contributed by atoms with E-state index in [9.17, 15) is 9.65 Å². The molecule has 0 saturated heterocycles. The normalized spacial score (nSPS) is 27.6. The van der Waals surface area contributed by atoms with Crippen molar-refractivity contribution in [1.29, 1.82) is 5.26 Å². The van der Waals surface area contributed by atoms with E-state index in [-0.39, 0.29) is 5.82 Å². The fraction of sp³-hybridized carbons (Fsp3) is 0.500. The molecule has 17 heavy (non-hydrogen) atoms. The molecule has 1 saturated carbocycles. The molecule has 0 spiro atoms. The minimum Gasteiger partial charge on any atom is -0.207 e. The Morgan fingerprint density at radius 3 is 2.59 bits per heavy atom. The van der Waals surface area contributed by atoms with Crippen molar-refractivity contribution < 1.29 is 4.39 Å². The fourth-order valence-corrected chi connectivity index (χ4v) is 2.90. The van der Waals surface area contributed by atoms with Crippen LogP contribution in [0.3, 0.4) is 0 Å². The summed E-state index contributed by atoms with van der Waals surface area (Å²) in [6.45, 7) is 4.33. The van der Waals surface area contributed by atoms with E-state index in [0.717, 1.165) is 18.4 Å². The second-order valence-corrected chi connectivity index (χ2v) is 5.64. The summed E-state index contributed by atoms with van der Waals surface area (Å²) in [6, 6.07) is 6.69. The van der Waals surface area contributed by atoms with Crippen molar-refractivity contribution in [3.05, 3.63) is 34.6 Å². The maximum atomic E-state index is 13.0. The Bertz CT molecular complexity index is 470. The molecule has 90 valence electrons. The Morgan fingerprint density at radius 1 is 1.47 bits per heavy atom. The third kappa shape index (κ3) is 2.05. The molecule has 0 bridgehead atoms. The quantitative estimate of drug-likeness (QED) is 0.769. The number of rotatable bonds is 2. The van der Waals surface area contributed by atoms with Gasteiger partial charge in [-0.05, 0) is 42.4 Å². The second kappa shape index (κ2) is 4.31. The summed E-state index contributed by atoms with van der Waals surface area (Å²) in [7, 11) is 0. The molecule has 1 nitrogen and oxygen atoms in total. The molecule has 0 aliphatic heterocycles. The molecule has 2 rings (SSSR count). The lowest BCUT2D eigenvalue weighted by Gasteiger charge is -2.45. The first-order valence-corrected chi connectivity index (χ1v) is 6.23. The number of halogens is 2. The monoisotopic (exact) mass is 251 g/mol. The Kier molecular flexibility index (Phi) is 3.14. The van der Waals surface area contributed by atoms with Crippen molar-refractivity contribution in [3.63, 3.8) is 0 Å². The minimum absolute atomic E-state index is 0.355. The summed E-state index contributed by atoms with van der Waals surface area (Å²) in [5, 5.41) is 9.75. The summed E-state index contributed by atoms with van der Waals surface area (Å²) in [4.78, 5) is 0. The number of hydrogen-bond donors (Lipinski definition) is 0. The van der Waals surface area contributed by atoms with Crippen molar-refractivity contribution in [2.75, 3.05) is 0 Å². The van der Waals surface area contributed by atoms with Gasteiger partial charge in [-0.2, -0.15) is 5.26 Å². The van der Waals surface area contributed by atoms with Crippen molar-refractivity contribution in [2.24, 2.45) is 11.8 Å². The fourth-order valence-electron chi connectivity index (χ4n) is 2.56. The predicted octanol–water partition coefficient (Wildman–Crippen LogP) is 4.31. The molecule has 1 fully saturated rings. The van der Waals surface area contributed by atoms with Gasteiger partial charge in [0.1, 0.15) is 5.82 Å². The Balaban J connectivity index is 2.30. The third-order valence-electron chi connectivity index (χ3n) is 3.82. The van der Waals surface area contributed by atoms with Crippen LogP contribution in [0.5, 0.6) is 0 Å². The lowest BCUT2D eigenvalue weighted by Crippen LogP contribution is -2.42. The van der Waals surface area contributed by atoms with E-state index in [2.05, 4.69) is 19.9 Å². The standard InChI is InChI=1S/C14H15ClFN/c1-9(2)10-6-14(7-10,8-17)12-4-3-11(16)5-13(12)15/h3-5,9-10H,6-7H2,1-2H3. The van der Waals surface area contributed by atoms with Gasteiger partial charge >= 0.3 is 0 Å². The van der Waals surface area contributed by atoms with Gasteiger partial charge < -0.3 is 0 Å². The molecular formula is C14H15ClFN. The van der Waals surface area contributed by atoms with Crippen LogP contribution in [0.1, 0.15) is 32.3 Å². The predicted molar refractivity (Wildman–Crippen MR) is 66.3 cm³/mol. The maximum Gasteiger partial charge on any atom is 0.124 e. The number of benzene rings is 1. The van der Waals surface area contributed by atoms with Crippen LogP contribution in [-0.2, 0) is 5.41 Å². The van der Waals surface area contributed by atoms with Crippen molar-refractivity contribution in [2.45, 2.75) is 32.1 Å². The highest BCUT2D eigenvalue weighted by Gasteiger charge is 2.47. The summed E-state index contributed by atoms with van der Waals surface area (Å²) < 4.78 is 13.0. The summed E-state index contributed by atoms with van der Waals surface area (Å²) in [5.74, 6) is 0.790. The van der Waals surface area contributed by atoms with Crippen molar-refractivity contribution in [3.8, 4) is 6.07 Å². The van der Waals surface area contributed by atoms with Gasteiger partial charge in [-0.25, -0.2) is 4.39 Å². The van der Waals surface area contributed by atoms with Gasteiger partial charge in [0.25, 0.3) is 0 Å². The zero-order chi connectivity index (χ0) is 12.6. The zero-order valence-electron chi connectivity index (χ0n) is 10.0. The summed E-state index contributed by atoms with van der Waals surface area (Å²) in [6.07, 6.45) is 1.65. The van der Waals surface area contributed by atoms with Gasteiger partial charge in [0.15, 0.2) is 0 Å². The Labute approximate surface area is 106 Å². The second-order valence-electron chi connectivity index (χ2n) is 5.23. The number of nitrogens with zero attached hydrogens (tertiary/aromatic N) is 1. The van der Waals surface area contributed by atoms with Crippen LogP contribution < -0.4 is 0 Å². The molecule has 0 radical (unpaired) electrons. The molecule has 3 heteroatoms. The summed E-state index contributed by atoms with van der Waals surface area (Å²) >= 11 is 6.04. The van der Waals surface area contributed by atoms with Crippen LogP contribution in [-0.4, -0.2) is 0 Å². The van der Waals surface area contributed by atoms with E-state index >= 15 is 0 Å². The van der Waals surface area contributed by atoms with E-state index in [1.807, 2.05) is 0 Å². The van der Waals surface area contributed by atoms with Gasteiger partial charge in [0.05, 0.1) is 11.5 Å². The van der Waals surface area contributed by atoms with E-state index < -0.39 is 5.41 Å². The van der Waals surface area contributed by atoms with Crippen LogP contribution in [0.15, 0.2) is 18.2 Å². The lowest BCUT2D eigenvalue weighted by molar-refractivity contribution is 0.145. The molecule has 0 atom stereocenters. The van der Waals surface area contributed by atoms with Gasteiger partial charge in [0.2, 0.25) is 0 Å². The van der Waals surface area contributed by atoms with E-state index in [1.165, 1.54) is 12.1 Å². The van der Waals surface area contributed by atoms with Gasteiger partial charge in [-0.15, -0.1) is 0 Å². The highest BCUT2D eigenvalue weighted by molar-refractivity contribution is 6.31. The van der Waals surface area contributed by atoms with Crippen LogP contribution in [0, 0.1) is 29.0 Å². The lowest BCUT2D eigenvalue weighted by atomic mass is 9.56. The van der Waals surface area contributed by atoms with Crippen molar-refractivity contribution >= 4 is 11.6 Å². The first kappa shape index (κ1) is 12.4. The highest BCUT2D eigenvalue weighted by atomic mass is 35.5. The minimum atomic E-state index is -0.500. The molecule has 0 N–H and O–H groups in total. The van der Waals surface area contributed by atoms with Gasteiger partial charge in [-0.1, -0.05) is 31.5 Å². The smallest absolute Gasteiger partial charge is 0.124 e. The maximum absolute atomic E-state index is 13.0. The van der Waals surface area contributed by atoms with Crippen LogP contribution in [0.2, 0.25) is 5.02 Å². The Morgan fingerprint density at radius 2 is 2.12 bits per heavy atom. The molecule has 1 aliphatic rings. The molecule has 1 aliphatic carbocycles. The van der Waals surface area contributed by atoms with E-state index in [0.29, 0.717) is 16.9 Å². The van der Waals surface area contributed by atoms with Crippen LogP contribution in [0.4, 0.5) is 4.39 Å². The Hall–Kier alpha value is -1.07. The van der Waals surface area contributed by atoms with Crippen molar-refractivity contribution in [1.82, 2.24) is 0 Å². The zero-order valence-corrected chi connectivity index (χ0v) is 10.8. The molecule has 1 aromatic carbocycles. The third-order valence-corrected chi connectivity index (χ3v) is 4.14.